The number of rotatable bonds is 4. The third kappa shape index (κ3) is 1.69. The van der Waals surface area contributed by atoms with Gasteiger partial charge in [-0.2, -0.15) is 4.98 Å². The molecular weight excluding hydrogens is 196 g/mol. The van der Waals surface area contributed by atoms with Gasteiger partial charge in [0.25, 0.3) is 0 Å². The number of hydrogen-bond acceptors (Lipinski definition) is 4. The molecule has 0 saturated carbocycles. The monoisotopic (exact) mass is 206 g/mol. The molecule has 5 heteroatoms. The van der Waals surface area contributed by atoms with Crippen molar-refractivity contribution >= 4 is 11.9 Å². The Bertz CT molecular complexity index is 478. The average Bonchev–Trinajstić information content (AvgIpc) is 2.63. The van der Waals surface area contributed by atoms with Gasteiger partial charge in [0.15, 0.2) is 6.29 Å². The van der Waals surface area contributed by atoms with Crippen molar-refractivity contribution in [1.29, 1.82) is 0 Å². The number of imidazole rings is 1. The Balaban J connectivity index is 2.49. The van der Waals surface area contributed by atoms with Crippen molar-refractivity contribution in [3.05, 3.63) is 30.1 Å². The highest BCUT2D eigenvalue weighted by Gasteiger charge is 2.11. The second-order valence-electron chi connectivity index (χ2n) is 2.92. The predicted octanol–water partition coefficient (Wildman–Crippen LogP) is 0.518. The number of carbonyl (C=O) groups is 1. The summed E-state index contributed by atoms with van der Waals surface area (Å²) in [6, 6.07) is 5.41. The third-order valence-corrected chi connectivity index (χ3v) is 1.97. The molecule has 0 amide bonds. The van der Waals surface area contributed by atoms with Crippen LogP contribution in [-0.4, -0.2) is 34.0 Å². The molecule has 15 heavy (non-hydrogen) atoms. The minimum atomic E-state index is -0.105. The Kier molecular flexibility index (Phi) is 2.64. The second-order valence-corrected chi connectivity index (χ2v) is 2.92. The summed E-state index contributed by atoms with van der Waals surface area (Å²) >= 11 is 0. The molecule has 2 rings (SSSR count). The van der Waals surface area contributed by atoms with Gasteiger partial charge in [-0.3, -0.25) is 9.20 Å². The fourth-order valence-corrected chi connectivity index (χ4v) is 1.35. The van der Waals surface area contributed by atoms with E-state index in [9.17, 15) is 4.79 Å². The van der Waals surface area contributed by atoms with Crippen LogP contribution in [0, 0.1) is 0 Å². The molecule has 5 nitrogen and oxygen atoms in total. The first-order valence-electron chi connectivity index (χ1n) is 4.52. The topological polar surface area (TPSA) is 63.8 Å². The number of fused-ring (bicyclic) bond motifs is 1. The molecule has 0 aliphatic carbocycles. The van der Waals surface area contributed by atoms with Crippen LogP contribution in [0.5, 0.6) is 5.88 Å². The molecule has 2 heterocycles. The van der Waals surface area contributed by atoms with E-state index in [-0.39, 0.29) is 19.1 Å². The van der Waals surface area contributed by atoms with Crippen LogP contribution in [0.2, 0.25) is 0 Å². The number of nitrogens with zero attached hydrogens (tertiary/aromatic N) is 2. The van der Waals surface area contributed by atoms with E-state index in [4.69, 9.17) is 9.84 Å². The molecule has 78 valence electrons. The van der Waals surface area contributed by atoms with Crippen molar-refractivity contribution in [2.24, 2.45) is 0 Å². The van der Waals surface area contributed by atoms with Gasteiger partial charge < -0.3 is 9.84 Å². The molecule has 2 aromatic heterocycles. The lowest BCUT2D eigenvalue weighted by Gasteiger charge is -1.99. The smallest absolute Gasteiger partial charge is 0.243 e. The van der Waals surface area contributed by atoms with Crippen LogP contribution in [0.4, 0.5) is 0 Å². The fraction of sp³-hybridized carbons (Fsp3) is 0.200. The highest BCUT2D eigenvalue weighted by molar-refractivity contribution is 5.78. The van der Waals surface area contributed by atoms with Crippen LogP contribution in [0.3, 0.4) is 0 Å². The van der Waals surface area contributed by atoms with Crippen molar-refractivity contribution in [1.82, 2.24) is 9.38 Å². The van der Waals surface area contributed by atoms with E-state index in [0.29, 0.717) is 17.6 Å². The molecule has 0 aliphatic rings. The molecule has 0 spiro atoms. The van der Waals surface area contributed by atoms with Gasteiger partial charge in [0, 0.05) is 6.20 Å². The Morgan fingerprint density at radius 1 is 1.53 bits per heavy atom. The van der Waals surface area contributed by atoms with Crippen LogP contribution in [0.1, 0.15) is 10.5 Å². The number of hydrogen-bond donors (Lipinski definition) is 1. The lowest BCUT2D eigenvalue weighted by Crippen LogP contribution is -2.03. The molecule has 1 N–H and O–H groups in total. The summed E-state index contributed by atoms with van der Waals surface area (Å²) in [6.07, 6.45) is 2.42. The van der Waals surface area contributed by atoms with E-state index in [1.54, 1.807) is 22.7 Å². The number of aliphatic hydroxyl groups is 1. The first-order chi connectivity index (χ1) is 7.36. The fourth-order valence-electron chi connectivity index (χ4n) is 1.35. The normalized spacial score (nSPS) is 10.5. The maximum Gasteiger partial charge on any atom is 0.243 e. The van der Waals surface area contributed by atoms with Crippen LogP contribution in [-0.2, 0) is 0 Å². The zero-order chi connectivity index (χ0) is 10.7. The SMILES string of the molecule is O=Cc1c(OCCO)nc2ccccn12. The number of pyridine rings is 1. The largest absolute Gasteiger partial charge is 0.474 e. The van der Waals surface area contributed by atoms with E-state index in [0.717, 1.165) is 0 Å². The molecule has 0 unspecified atom stereocenters. The lowest BCUT2D eigenvalue weighted by molar-refractivity contribution is 0.111. The van der Waals surface area contributed by atoms with Gasteiger partial charge >= 0.3 is 0 Å². The summed E-state index contributed by atoms with van der Waals surface area (Å²) in [5.74, 6) is 0.255. The van der Waals surface area contributed by atoms with Gasteiger partial charge in [-0.25, -0.2) is 0 Å². The van der Waals surface area contributed by atoms with Crippen molar-refractivity contribution in [2.75, 3.05) is 13.2 Å². The molecule has 0 aliphatic heterocycles. The standard InChI is InChI=1S/C10H10N2O3/c13-5-6-15-10-8(7-14)12-4-2-1-3-9(12)11-10/h1-4,7,13H,5-6H2. The number of aliphatic hydroxyl groups excluding tert-OH is 1. The van der Waals surface area contributed by atoms with Gasteiger partial charge in [0.2, 0.25) is 5.88 Å². The Labute approximate surface area is 85.9 Å². The van der Waals surface area contributed by atoms with Crippen LogP contribution in [0.25, 0.3) is 5.65 Å². The van der Waals surface area contributed by atoms with Gasteiger partial charge in [0.1, 0.15) is 17.9 Å². The molecule has 2 aromatic rings. The maximum absolute atomic E-state index is 10.9. The van der Waals surface area contributed by atoms with Crippen molar-refractivity contribution in [3.63, 3.8) is 0 Å². The van der Waals surface area contributed by atoms with E-state index in [1.165, 1.54) is 0 Å². The Morgan fingerprint density at radius 3 is 3.13 bits per heavy atom. The summed E-state index contributed by atoms with van der Waals surface area (Å²) in [7, 11) is 0. The molecule has 0 bridgehead atoms. The van der Waals surface area contributed by atoms with E-state index >= 15 is 0 Å². The van der Waals surface area contributed by atoms with Gasteiger partial charge in [-0.15, -0.1) is 0 Å². The first-order valence-corrected chi connectivity index (χ1v) is 4.52. The number of aromatic nitrogens is 2. The van der Waals surface area contributed by atoms with E-state index in [1.807, 2.05) is 6.07 Å². The molecule has 0 radical (unpaired) electrons. The first kappa shape index (κ1) is 9.67. The number of carbonyl (C=O) groups excluding carboxylic acids is 1. The van der Waals surface area contributed by atoms with E-state index in [2.05, 4.69) is 4.98 Å². The summed E-state index contributed by atoms with van der Waals surface area (Å²) in [4.78, 5) is 15.0. The van der Waals surface area contributed by atoms with Gasteiger partial charge in [-0.1, -0.05) is 6.07 Å². The predicted molar refractivity (Wildman–Crippen MR) is 53.2 cm³/mol. The quantitative estimate of drug-likeness (QED) is 0.740. The van der Waals surface area contributed by atoms with Crippen LogP contribution in [0.15, 0.2) is 24.4 Å². The lowest BCUT2D eigenvalue weighted by atomic mass is 10.4. The third-order valence-electron chi connectivity index (χ3n) is 1.97. The van der Waals surface area contributed by atoms with E-state index < -0.39 is 0 Å². The molecular formula is C10H10N2O3. The highest BCUT2D eigenvalue weighted by atomic mass is 16.5. The minimum Gasteiger partial charge on any atom is -0.474 e. The van der Waals surface area contributed by atoms with Crippen LogP contribution >= 0.6 is 0 Å². The Hall–Kier alpha value is -1.88. The molecule has 0 fully saturated rings. The summed E-state index contributed by atoms with van der Waals surface area (Å²) in [5, 5.41) is 8.62. The zero-order valence-corrected chi connectivity index (χ0v) is 7.96. The molecule has 0 aromatic carbocycles. The number of aldehydes is 1. The van der Waals surface area contributed by atoms with Gasteiger partial charge in [0.05, 0.1) is 6.61 Å². The summed E-state index contributed by atoms with van der Waals surface area (Å²) < 4.78 is 6.79. The average molecular weight is 206 g/mol. The highest BCUT2D eigenvalue weighted by Crippen LogP contribution is 2.17. The second kappa shape index (κ2) is 4.10. The number of ether oxygens (including phenoxy) is 1. The molecule has 0 atom stereocenters. The molecule has 0 saturated heterocycles. The van der Waals surface area contributed by atoms with Gasteiger partial charge in [-0.05, 0) is 12.1 Å². The van der Waals surface area contributed by atoms with Crippen molar-refractivity contribution in [2.45, 2.75) is 0 Å². The summed E-state index contributed by atoms with van der Waals surface area (Å²) in [6.45, 7) is 0.0247. The Morgan fingerprint density at radius 2 is 2.40 bits per heavy atom. The minimum absolute atomic E-state index is 0.105. The van der Waals surface area contributed by atoms with Crippen molar-refractivity contribution in [3.8, 4) is 5.88 Å². The van der Waals surface area contributed by atoms with Crippen molar-refractivity contribution < 1.29 is 14.6 Å². The zero-order valence-electron chi connectivity index (χ0n) is 7.96. The maximum atomic E-state index is 10.9. The summed E-state index contributed by atoms with van der Waals surface area (Å²) in [5.41, 5.74) is 1.01. The van der Waals surface area contributed by atoms with Crippen LogP contribution < -0.4 is 4.74 Å².